The van der Waals surface area contributed by atoms with Gasteiger partial charge in [-0.05, 0) is 73.9 Å². The first-order valence-electron chi connectivity index (χ1n) is 23.7. The molecule has 2 bridgehead atoms. The SMILES string of the molecule is CCO[C@@H](C(=O)O[C@H]1C[C@@]2(O)C(OC(=O)c3ccc(F)cc3)C3[C@](C)(C(=O)[C@H](OC(=O)CCS)C(=C1C)C2(C)C)[C@@H](OC(=O)CC)C[C@H]1OC[C@@]31OC(C)=O)[C@@H](NC(=O)c1ccccc1)c1ccccc1. The quantitative estimate of drug-likeness (QED) is 0.0632. The van der Waals surface area contributed by atoms with Crippen LogP contribution in [0.4, 0.5) is 4.39 Å². The van der Waals surface area contributed by atoms with E-state index >= 15 is 9.59 Å². The van der Waals surface area contributed by atoms with Crippen LogP contribution < -0.4 is 5.32 Å². The van der Waals surface area contributed by atoms with Crippen LogP contribution in [0.5, 0.6) is 0 Å². The first-order chi connectivity index (χ1) is 33.7. The van der Waals surface area contributed by atoms with Gasteiger partial charge >= 0.3 is 29.8 Å². The van der Waals surface area contributed by atoms with Crippen LogP contribution in [0.2, 0.25) is 0 Å². The van der Waals surface area contributed by atoms with Crippen molar-refractivity contribution < 1.29 is 76.2 Å². The fraction of sp³-hybridized carbons (Fsp3) is 0.491. The minimum absolute atomic E-state index is 0.0141. The van der Waals surface area contributed by atoms with E-state index in [9.17, 15) is 33.5 Å². The maximum absolute atomic E-state index is 16.2. The van der Waals surface area contributed by atoms with Gasteiger partial charge in [0.25, 0.3) is 5.91 Å². The van der Waals surface area contributed by atoms with Crippen molar-refractivity contribution >= 4 is 54.2 Å². The highest BCUT2D eigenvalue weighted by molar-refractivity contribution is 7.80. The molecular formula is C53H60FNO15S. The van der Waals surface area contributed by atoms with Crippen molar-refractivity contribution in [2.45, 2.75) is 128 Å². The number of fused-ring (bicyclic) bond motifs is 5. The highest BCUT2D eigenvalue weighted by Crippen LogP contribution is 2.65. The van der Waals surface area contributed by atoms with E-state index in [0.29, 0.717) is 11.1 Å². The second-order valence-corrected chi connectivity index (χ2v) is 19.5. The van der Waals surface area contributed by atoms with Gasteiger partial charge in [0.2, 0.25) is 0 Å². The lowest BCUT2D eigenvalue weighted by Crippen LogP contribution is -2.82. The van der Waals surface area contributed by atoms with Gasteiger partial charge in [-0.15, -0.1) is 0 Å². The van der Waals surface area contributed by atoms with Crippen molar-refractivity contribution in [1.29, 1.82) is 0 Å². The van der Waals surface area contributed by atoms with Crippen LogP contribution in [0.1, 0.15) is 106 Å². The Kier molecular flexibility index (Phi) is 15.7. The molecule has 1 saturated heterocycles. The summed E-state index contributed by atoms with van der Waals surface area (Å²) < 4.78 is 57.9. The van der Waals surface area contributed by atoms with E-state index in [2.05, 4.69) is 17.9 Å². The third-order valence-electron chi connectivity index (χ3n) is 14.7. The summed E-state index contributed by atoms with van der Waals surface area (Å²) in [5.74, 6) is -8.24. The Morgan fingerprint density at radius 3 is 2.10 bits per heavy atom. The molecule has 4 aliphatic rings. The van der Waals surface area contributed by atoms with Gasteiger partial charge in [0.15, 0.2) is 23.6 Å². The number of esters is 5. The van der Waals surface area contributed by atoms with Crippen molar-refractivity contribution in [3.05, 3.63) is 119 Å². The fourth-order valence-electron chi connectivity index (χ4n) is 11.0. The van der Waals surface area contributed by atoms with Gasteiger partial charge in [0.05, 0.1) is 36.0 Å². The Labute approximate surface area is 416 Å². The number of Topliss-reactive ketones (excluding diaryl/α,β-unsaturated/α-hetero) is 1. The lowest BCUT2D eigenvalue weighted by Gasteiger charge is -2.67. The zero-order valence-electron chi connectivity index (χ0n) is 40.6. The number of hydrogen-bond donors (Lipinski definition) is 3. The van der Waals surface area contributed by atoms with Crippen molar-refractivity contribution in [2.24, 2.45) is 16.7 Å². The van der Waals surface area contributed by atoms with Gasteiger partial charge in [0.1, 0.15) is 35.8 Å². The van der Waals surface area contributed by atoms with Crippen LogP contribution in [0.25, 0.3) is 0 Å². The smallest absolute Gasteiger partial charge is 0.338 e. The molecule has 3 aliphatic carbocycles. The van der Waals surface area contributed by atoms with Crippen molar-refractivity contribution in [2.75, 3.05) is 19.0 Å². The average molecular weight is 1000 g/mol. The molecule has 2 saturated carbocycles. The standard InChI is InChI=1S/C53H60FNO15S/c1-8-38(57)67-36-26-37-52(28-65-37,70-30(4)56)44-46(69-48(61)33-20-22-34(54)23-21-33)53(63)27-35(29(3)40(50(53,5)6)42(45(59)51(36,44)7)68-39(58)24-25-71)66-49(62)43(64-9-2)41(31-16-12-10-13-17-31)55-47(60)32-18-14-11-15-19-32/h10-23,35-37,41-44,46,63,71H,8-9,24-28H2,1-7H3,(H,55,60)/t35-,36-,37+,41-,42+,43+,44?,46?,51+,52-,53+/m0/s1. The summed E-state index contributed by atoms with van der Waals surface area (Å²) in [6, 6.07) is 20.2. The molecular weight excluding hydrogens is 942 g/mol. The Bertz CT molecular complexity index is 2560. The second kappa shape index (κ2) is 21.0. The predicted octanol–water partition coefficient (Wildman–Crippen LogP) is 6.18. The normalized spacial score (nSPS) is 29.2. The summed E-state index contributed by atoms with van der Waals surface area (Å²) in [6.07, 6.45) is -10.6. The molecule has 3 aromatic rings. The van der Waals surface area contributed by atoms with E-state index in [4.69, 9.17) is 33.2 Å². The zero-order valence-corrected chi connectivity index (χ0v) is 41.5. The Balaban J connectivity index is 1.46. The van der Waals surface area contributed by atoms with Crippen LogP contribution in [0.15, 0.2) is 96.1 Å². The number of nitrogens with one attached hydrogen (secondary N) is 1. The first kappa shape index (κ1) is 52.9. The van der Waals surface area contributed by atoms with E-state index in [1.165, 1.54) is 6.92 Å². The molecule has 18 heteroatoms. The topological polar surface area (TPSA) is 216 Å². The molecule has 0 aromatic heterocycles. The van der Waals surface area contributed by atoms with Gasteiger partial charge in [-0.2, -0.15) is 12.6 Å². The molecule has 11 atom stereocenters. The molecule has 2 N–H and O–H groups in total. The lowest BCUT2D eigenvalue weighted by atomic mass is 9.44. The number of carbonyl (C=O) groups excluding carboxylic acids is 7. The van der Waals surface area contributed by atoms with Gasteiger partial charge in [-0.25, -0.2) is 14.0 Å². The molecule has 1 heterocycles. The van der Waals surface area contributed by atoms with Gasteiger partial charge in [-0.1, -0.05) is 69.3 Å². The largest absolute Gasteiger partial charge is 0.461 e. The van der Waals surface area contributed by atoms with E-state index in [1.54, 1.807) is 95.3 Å². The number of rotatable bonds is 16. The zero-order chi connectivity index (χ0) is 51.6. The van der Waals surface area contributed by atoms with Crippen molar-refractivity contribution in [3.63, 3.8) is 0 Å². The first-order valence-corrected chi connectivity index (χ1v) is 24.3. The van der Waals surface area contributed by atoms with Crippen molar-refractivity contribution in [1.82, 2.24) is 5.32 Å². The molecule has 2 unspecified atom stereocenters. The summed E-state index contributed by atoms with van der Waals surface area (Å²) in [6.45, 7) is 10.0. The summed E-state index contributed by atoms with van der Waals surface area (Å²) in [4.78, 5) is 100. The van der Waals surface area contributed by atoms with Crippen LogP contribution in [-0.4, -0.2) is 113 Å². The number of thiol groups is 1. The summed E-state index contributed by atoms with van der Waals surface area (Å²) in [7, 11) is 0. The predicted molar refractivity (Wildman–Crippen MR) is 254 cm³/mol. The third-order valence-corrected chi connectivity index (χ3v) is 14.9. The van der Waals surface area contributed by atoms with Gasteiger partial charge < -0.3 is 43.6 Å². The number of ketones is 1. The number of carbonyl (C=O) groups is 7. The number of benzene rings is 3. The number of hydrogen-bond acceptors (Lipinski definition) is 16. The number of amides is 1. The van der Waals surface area contributed by atoms with Crippen molar-refractivity contribution in [3.8, 4) is 0 Å². The molecule has 1 aliphatic heterocycles. The van der Waals surface area contributed by atoms with Crippen LogP contribution >= 0.6 is 12.6 Å². The van der Waals surface area contributed by atoms with Gasteiger partial charge in [0, 0.05) is 49.5 Å². The molecule has 380 valence electrons. The van der Waals surface area contributed by atoms with E-state index in [0.717, 1.165) is 31.2 Å². The minimum atomic E-state index is -2.49. The van der Waals surface area contributed by atoms with Crippen LogP contribution in [0.3, 0.4) is 0 Å². The number of aliphatic hydroxyl groups is 1. The minimum Gasteiger partial charge on any atom is -0.461 e. The maximum Gasteiger partial charge on any atom is 0.338 e. The fourth-order valence-corrected chi connectivity index (χ4v) is 11.2. The van der Waals surface area contributed by atoms with Gasteiger partial charge in [-0.3, -0.25) is 24.0 Å². The summed E-state index contributed by atoms with van der Waals surface area (Å²) in [5, 5.41) is 17.0. The summed E-state index contributed by atoms with van der Waals surface area (Å²) >= 11 is 4.23. The van der Waals surface area contributed by atoms with E-state index < -0.39 is 124 Å². The maximum atomic E-state index is 16.2. The summed E-state index contributed by atoms with van der Waals surface area (Å²) in [5.41, 5.74) is -7.49. The molecule has 0 spiro atoms. The molecule has 1 amide bonds. The van der Waals surface area contributed by atoms with E-state index in [1.807, 2.05) is 0 Å². The van der Waals surface area contributed by atoms with Crippen LogP contribution in [-0.2, 0) is 57.1 Å². The molecule has 7 rings (SSSR count). The Hall–Kier alpha value is -5.95. The Morgan fingerprint density at radius 1 is 0.873 bits per heavy atom. The average Bonchev–Trinajstić information content (AvgIpc) is 3.33. The Morgan fingerprint density at radius 2 is 1.52 bits per heavy atom. The van der Waals surface area contributed by atoms with E-state index in [-0.39, 0.29) is 54.9 Å². The highest BCUT2D eigenvalue weighted by atomic mass is 32.1. The third kappa shape index (κ3) is 9.75. The molecule has 0 radical (unpaired) electrons. The second-order valence-electron chi connectivity index (χ2n) is 19.1. The molecule has 71 heavy (non-hydrogen) atoms. The molecule has 16 nitrogen and oxygen atoms in total. The number of ether oxygens (including phenoxy) is 7. The molecule has 3 fully saturated rings. The molecule has 3 aromatic carbocycles. The van der Waals surface area contributed by atoms with Crippen LogP contribution in [0, 0.1) is 22.6 Å². The monoisotopic (exact) mass is 1000 g/mol. The lowest BCUT2D eigenvalue weighted by molar-refractivity contribution is -0.346. The highest BCUT2D eigenvalue weighted by Gasteiger charge is 2.79. The number of halogens is 1.